The number of carbonyl (C=O) groups is 1. The molecule has 1 heterocycles. The Balaban J connectivity index is 1.83. The molecule has 1 saturated carbocycles. The molecule has 1 unspecified atom stereocenters. The van der Waals surface area contributed by atoms with Crippen LogP contribution in [0.1, 0.15) is 78.2 Å². The van der Waals surface area contributed by atoms with Crippen LogP contribution in [0, 0.1) is 5.92 Å². The molecule has 216 valence electrons. The number of carbonyl (C=O) groups excluding carboxylic acids is 1. The van der Waals surface area contributed by atoms with Gasteiger partial charge in [0.2, 0.25) is 0 Å². The van der Waals surface area contributed by atoms with E-state index in [4.69, 9.17) is 9.47 Å². The molecule has 1 atom stereocenters. The van der Waals surface area contributed by atoms with Gasteiger partial charge in [0.05, 0.1) is 12.2 Å². The molecule has 1 amide bonds. The molecule has 7 nitrogen and oxygen atoms in total. The Labute approximate surface area is 224 Å². The Morgan fingerprint density at radius 1 is 1.03 bits per heavy atom. The minimum absolute atomic E-state index is 0.0279. The second-order valence-corrected chi connectivity index (χ2v) is 11.9. The van der Waals surface area contributed by atoms with E-state index >= 15 is 0 Å². The molecular weight excluding hydrogens is 501 g/mol. The lowest BCUT2D eigenvalue weighted by atomic mass is 9.72. The third kappa shape index (κ3) is 8.93. The highest BCUT2D eigenvalue weighted by Crippen LogP contribution is 2.43. The molecule has 1 aromatic carbocycles. The fourth-order valence-electron chi connectivity index (χ4n) is 5.12. The maximum atomic E-state index is 13.3. The maximum absolute atomic E-state index is 13.3. The van der Waals surface area contributed by atoms with Gasteiger partial charge in [-0.3, -0.25) is 4.90 Å². The number of amides is 1. The lowest BCUT2D eigenvalue weighted by molar-refractivity contribution is -0.275. The van der Waals surface area contributed by atoms with E-state index in [1.54, 1.807) is 11.0 Å². The van der Waals surface area contributed by atoms with Gasteiger partial charge in [-0.15, -0.1) is 13.2 Å². The van der Waals surface area contributed by atoms with Crippen LogP contribution >= 0.6 is 0 Å². The molecule has 10 heteroatoms. The van der Waals surface area contributed by atoms with Crippen molar-refractivity contribution in [2.24, 2.45) is 5.92 Å². The quantitative estimate of drug-likeness (QED) is 0.436. The largest absolute Gasteiger partial charge is 0.573 e. The molecule has 0 bridgehead atoms. The zero-order valence-electron chi connectivity index (χ0n) is 23.3. The topological polar surface area (TPSA) is 71.5 Å². The van der Waals surface area contributed by atoms with Crippen LogP contribution in [0.5, 0.6) is 11.5 Å². The van der Waals surface area contributed by atoms with Crippen molar-refractivity contribution >= 4 is 6.09 Å². The van der Waals surface area contributed by atoms with Gasteiger partial charge in [0, 0.05) is 38.6 Å². The van der Waals surface area contributed by atoms with Crippen LogP contribution in [0.3, 0.4) is 0 Å². The van der Waals surface area contributed by atoms with Gasteiger partial charge in [-0.1, -0.05) is 39.2 Å². The second-order valence-electron chi connectivity index (χ2n) is 11.9. The van der Waals surface area contributed by atoms with E-state index in [0.717, 1.165) is 19.3 Å². The van der Waals surface area contributed by atoms with Gasteiger partial charge >= 0.3 is 12.5 Å². The molecule has 2 fully saturated rings. The Morgan fingerprint density at radius 3 is 2.21 bits per heavy atom. The van der Waals surface area contributed by atoms with Crippen LogP contribution in [0.15, 0.2) is 18.2 Å². The van der Waals surface area contributed by atoms with E-state index in [2.05, 4.69) is 9.64 Å². The predicted molar refractivity (Wildman–Crippen MR) is 138 cm³/mol. The van der Waals surface area contributed by atoms with E-state index in [1.807, 2.05) is 34.6 Å². The smallest absolute Gasteiger partial charge is 0.489 e. The number of hydrogen-bond acceptors (Lipinski definition) is 6. The van der Waals surface area contributed by atoms with Crippen LogP contribution < -0.4 is 9.47 Å². The average molecular weight is 545 g/mol. The van der Waals surface area contributed by atoms with E-state index in [-0.39, 0.29) is 24.4 Å². The molecule has 3 rings (SSSR count). The minimum atomic E-state index is -4.87. The van der Waals surface area contributed by atoms with Gasteiger partial charge in [-0.05, 0) is 57.2 Å². The van der Waals surface area contributed by atoms with E-state index < -0.39 is 29.2 Å². The van der Waals surface area contributed by atoms with Gasteiger partial charge in [0.15, 0.2) is 11.5 Å². The summed E-state index contributed by atoms with van der Waals surface area (Å²) in [6.45, 7) is 12.1. The van der Waals surface area contributed by atoms with Crippen molar-refractivity contribution in [2.75, 3.05) is 39.3 Å². The first-order valence-corrected chi connectivity index (χ1v) is 13.6. The molecule has 1 aliphatic heterocycles. The normalized spacial score (nSPS) is 19.8. The Hall–Kier alpha value is -2.20. The first-order chi connectivity index (χ1) is 17.7. The number of aliphatic hydroxyl groups is 1. The number of piperazine rings is 1. The summed E-state index contributed by atoms with van der Waals surface area (Å²) < 4.78 is 55.3. The third-order valence-corrected chi connectivity index (χ3v) is 7.00. The number of ether oxygens (including phenoxy) is 3. The van der Waals surface area contributed by atoms with Crippen LogP contribution in [0.25, 0.3) is 0 Å². The van der Waals surface area contributed by atoms with Crippen LogP contribution in [0.4, 0.5) is 18.0 Å². The predicted octanol–water partition coefficient (Wildman–Crippen LogP) is 5.95. The van der Waals surface area contributed by atoms with Gasteiger partial charge in [-0.25, -0.2) is 4.79 Å². The number of rotatable bonds is 8. The zero-order chi connectivity index (χ0) is 28.1. The molecule has 38 heavy (non-hydrogen) atoms. The zero-order valence-corrected chi connectivity index (χ0v) is 23.3. The summed E-state index contributed by atoms with van der Waals surface area (Å²) in [5.41, 5.74) is -1.04. The minimum Gasteiger partial charge on any atom is -0.489 e. The first-order valence-electron chi connectivity index (χ1n) is 13.6. The van der Waals surface area contributed by atoms with Crippen molar-refractivity contribution in [3.05, 3.63) is 23.8 Å². The van der Waals surface area contributed by atoms with Crippen LogP contribution in [-0.4, -0.2) is 77.9 Å². The average Bonchev–Trinajstić information content (AvgIpc) is 2.80. The van der Waals surface area contributed by atoms with Gasteiger partial charge < -0.3 is 24.2 Å². The summed E-state index contributed by atoms with van der Waals surface area (Å²) in [5, 5.41) is 11.7. The molecule has 1 aromatic rings. The molecule has 0 radical (unpaired) electrons. The highest BCUT2D eigenvalue weighted by molar-refractivity contribution is 5.68. The summed E-state index contributed by atoms with van der Waals surface area (Å²) in [4.78, 5) is 16.3. The fourth-order valence-corrected chi connectivity index (χ4v) is 5.12. The summed E-state index contributed by atoms with van der Waals surface area (Å²) in [7, 11) is 0. The van der Waals surface area contributed by atoms with Crippen molar-refractivity contribution in [1.29, 1.82) is 0 Å². The van der Waals surface area contributed by atoms with Crippen molar-refractivity contribution in [2.45, 2.75) is 90.2 Å². The van der Waals surface area contributed by atoms with Gasteiger partial charge in [0.25, 0.3) is 0 Å². The lowest BCUT2D eigenvalue weighted by Crippen LogP contribution is -2.52. The Morgan fingerprint density at radius 2 is 1.66 bits per heavy atom. The molecule has 1 saturated heterocycles. The first kappa shape index (κ1) is 30.3. The number of nitrogens with zero attached hydrogens (tertiary/aromatic N) is 2. The summed E-state index contributed by atoms with van der Waals surface area (Å²) in [6.07, 6.45) is -1.32. The maximum Gasteiger partial charge on any atom is 0.573 e. The van der Waals surface area contributed by atoms with E-state index in [0.29, 0.717) is 51.1 Å². The Kier molecular flexibility index (Phi) is 9.84. The lowest BCUT2D eigenvalue weighted by Gasteiger charge is -2.43. The van der Waals surface area contributed by atoms with Crippen molar-refractivity contribution in [1.82, 2.24) is 9.80 Å². The van der Waals surface area contributed by atoms with Crippen molar-refractivity contribution in [3.8, 4) is 11.5 Å². The molecule has 1 aliphatic carbocycles. The highest BCUT2D eigenvalue weighted by Gasteiger charge is 2.41. The summed E-state index contributed by atoms with van der Waals surface area (Å²) in [6, 6.07) is 4.63. The molecule has 0 aromatic heterocycles. The monoisotopic (exact) mass is 544 g/mol. The summed E-state index contributed by atoms with van der Waals surface area (Å²) in [5.74, 6) is -0.663. The number of benzene rings is 1. The number of halogens is 3. The fraction of sp³-hybridized carbons (Fsp3) is 0.750. The molecular formula is C28H43F3N2O5. The Bertz CT molecular complexity index is 918. The standard InChI is InChI=1S/C28H43F3N2O5/c1-20(2)19-36-23-10-9-21(17-24(23)37-28(29,30)31)22(27(35)11-7-6-8-12-27)18-32-13-15-33(16-14-32)25(34)38-26(3,4)5/h9-10,17,20,22,35H,6-8,11-16,18-19H2,1-5H3. The van der Waals surface area contributed by atoms with Gasteiger partial charge in [-0.2, -0.15) is 0 Å². The van der Waals surface area contributed by atoms with Crippen molar-refractivity contribution < 1.29 is 37.3 Å². The molecule has 2 aliphatic rings. The van der Waals surface area contributed by atoms with Crippen LogP contribution in [0.2, 0.25) is 0 Å². The van der Waals surface area contributed by atoms with Crippen LogP contribution in [-0.2, 0) is 4.74 Å². The SMILES string of the molecule is CC(C)COc1ccc(C(CN2CCN(C(=O)OC(C)(C)C)CC2)C2(O)CCCCC2)cc1OC(F)(F)F. The molecule has 0 spiro atoms. The second kappa shape index (κ2) is 12.3. The third-order valence-electron chi connectivity index (χ3n) is 7.00. The van der Waals surface area contributed by atoms with E-state index in [1.165, 1.54) is 12.1 Å². The van der Waals surface area contributed by atoms with E-state index in [9.17, 15) is 23.1 Å². The number of alkyl halides is 3. The summed E-state index contributed by atoms with van der Waals surface area (Å²) >= 11 is 0. The number of hydrogen-bond donors (Lipinski definition) is 1. The van der Waals surface area contributed by atoms with Gasteiger partial charge in [0.1, 0.15) is 5.60 Å². The highest BCUT2D eigenvalue weighted by atomic mass is 19.4. The molecule has 1 N–H and O–H groups in total. The van der Waals surface area contributed by atoms with Crippen molar-refractivity contribution in [3.63, 3.8) is 0 Å².